The van der Waals surface area contributed by atoms with Gasteiger partial charge in [-0.25, -0.2) is 8.42 Å². The number of nitrogens with two attached hydrogens (primary N) is 1. The van der Waals surface area contributed by atoms with Gasteiger partial charge in [0.1, 0.15) is 9.84 Å². The van der Waals surface area contributed by atoms with Crippen molar-refractivity contribution in [1.29, 1.82) is 0 Å². The standard InChI is InChI=1S/C14H23N3O2S/c1-12-4-3-5-13(16-12)10-17(2)14(11-15)6-8-20(18,19)9-7-14/h3-5H,6-11,15H2,1-2H3. The van der Waals surface area contributed by atoms with E-state index in [1.54, 1.807) is 0 Å². The zero-order valence-electron chi connectivity index (χ0n) is 12.2. The van der Waals surface area contributed by atoms with Crippen LogP contribution >= 0.6 is 0 Å². The molecule has 1 aliphatic rings. The Bertz CT molecular complexity index is 558. The molecule has 112 valence electrons. The Labute approximate surface area is 121 Å². The number of aryl methyl sites for hydroxylation is 1. The third-order valence-corrected chi connectivity index (χ3v) is 5.94. The lowest BCUT2D eigenvalue weighted by molar-refractivity contribution is 0.104. The molecule has 2 N–H and O–H groups in total. The normalized spacial score (nSPS) is 21.0. The molecular formula is C14H23N3O2S. The molecule has 2 heterocycles. The number of pyridine rings is 1. The number of nitrogens with zero attached hydrogens (tertiary/aromatic N) is 2. The Morgan fingerprint density at radius 2 is 2.00 bits per heavy atom. The van der Waals surface area contributed by atoms with Gasteiger partial charge in [-0.1, -0.05) is 6.07 Å². The van der Waals surface area contributed by atoms with Crippen LogP contribution in [0.1, 0.15) is 24.2 Å². The minimum absolute atomic E-state index is 0.225. The molecule has 0 saturated carbocycles. The van der Waals surface area contributed by atoms with Crippen LogP contribution in [0.15, 0.2) is 18.2 Å². The minimum atomic E-state index is -2.87. The predicted octanol–water partition coefficient (Wildman–Crippen LogP) is 0.728. The molecule has 0 unspecified atom stereocenters. The molecule has 1 saturated heterocycles. The van der Waals surface area contributed by atoms with E-state index in [0.717, 1.165) is 11.4 Å². The van der Waals surface area contributed by atoms with Crippen LogP contribution in [-0.2, 0) is 16.4 Å². The molecular weight excluding hydrogens is 274 g/mol. The first kappa shape index (κ1) is 15.4. The molecule has 1 aromatic heterocycles. The summed E-state index contributed by atoms with van der Waals surface area (Å²) in [6.07, 6.45) is 1.21. The zero-order chi connectivity index (χ0) is 14.8. The number of likely N-dealkylation sites (N-methyl/N-ethyl adjacent to an activating group) is 1. The molecule has 5 nitrogen and oxygen atoms in total. The van der Waals surface area contributed by atoms with Gasteiger partial charge in [-0.3, -0.25) is 9.88 Å². The van der Waals surface area contributed by atoms with Crippen LogP contribution < -0.4 is 5.73 Å². The van der Waals surface area contributed by atoms with Gasteiger partial charge in [0.25, 0.3) is 0 Å². The summed E-state index contributed by atoms with van der Waals surface area (Å²) in [5.41, 5.74) is 7.71. The van der Waals surface area contributed by atoms with E-state index in [-0.39, 0.29) is 17.0 Å². The highest BCUT2D eigenvalue weighted by molar-refractivity contribution is 7.91. The van der Waals surface area contributed by atoms with Crippen molar-refractivity contribution < 1.29 is 8.42 Å². The molecule has 1 aliphatic heterocycles. The molecule has 0 aliphatic carbocycles. The van der Waals surface area contributed by atoms with Crippen molar-refractivity contribution in [2.75, 3.05) is 25.1 Å². The van der Waals surface area contributed by atoms with Crippen molar-refractivity contribution in [3.05, 3.63) is 29.6 Å². The summed E-state index contributed by atoms with van der Waals surface area (Å²) < 4.78 is 23.2. The van der Waals surface area contributed by atoms with Gasteiger partial charge in [0.2, 0.25) is 0 Å². The second-order valence-corrected chi connectivity index (χ2v) is 8.01. The third kappa shape index (κ3) is 3.37. The van der Waals surface area contributed by atoms with Crippen molar-refractivity contribution in [1.82, 2.24) is 9.88 Å². The SMILES string of the molecule is Cc1cccc(CN(C)C2(CN)CCS(=O)(=O)CC2)n1. The molecule has 2 rings (SSSR count). The van der Waals surface area contributed by atoms with Crippen LogP contribution in [0, 0.1) is 6.92 Å². The first-order valence-corrected chi connectivity index (χ1v) is 8.73. The van der Waals surface area contributed by atoms with E-state index in [9.17, 15) is 8.42 Å². The zero-order valence-corrected chi connectivity index (χ0v) is 13.0. The molecule has 1 fully saturated rings. The smallest absolute Gasteiger partial charge is 0.150 e. The van der Waals surface area contributed by atoms with Crippen LogP contribution in [0.25, 0.3) is 0 Å². The molecule has 0 atom stereocenters. The van der Waals surface area contributed by atoms with Crippen molar-refractivity contribution in [2.45, 2.75) is 31.8 Å². The lowest BCUT2D eigenvalue weighted by atomic mass is 9.90. The van der Waals surface area contributed by atoms with E-state index >= 15 is 0 Å². The summed E-state index contributed by atoms with van der Waals surface area (Å²) >= 11 is 0. The topological polar surface area (TPSA) is 76.3 Å². The molecule has 0 spiro atoms. The van der Waals surface area contributed by atoms with Crippen LogP contribution in [0.2, 0.25) is 0 Å². The lowest BCUT2D eigenvalue weighted by Crippen LogP contribution is -2.56. The summed E-state index contributed by atoms with van der Waals surface area (Å²) in [5.74, 6) is 0.464. The summed E-state index contributed by atoms with van der Waals surface area (Å²) in [5, 5.41) is 0. The molecule has 0 amide bonds. The van der Waals surface area contributed by atoms with Gasteiger partial charge in [0, 0.05) is 24.3 Å². The summed E-state index contributed by atoms with van der Waals surface area (Å²) in [4.78, 5) is 6.67. The Hall–Kier alpha value is -0.980. The van der Waals surface area contributed by atoms with Gasteiger partial charge in [0.15, 0.2) is 0 Å². The molecule has 20 heavy (non-hydrogen) atoms. The maximum Gasteiger partial charge on any atom is 0.150 e. The quantitative estimate of drug-likeness (QED) is 0.886. The van der Waals surface area contributed by atoms with Crippen LogP contribution in [0.5, 0.6) is 0 Å². The average Bonchev–Trinajstić information content (AvgIpc) is 2.39. The van der Waals surface area contributed by atoms with Gasteiger partial charge in [-0.05, 0) is 38.9 Å². The number of rotatable bonds is 4. The van der Waals surface area contributed by atoms with Crippen molar-refractivity contribution in [3.8, 4) is 0 Å². The highest BCUT2D eigenvalue weighted by Crippen LogP contribution is 2.29. The predicted molar refractivity (Wildman–Crippen MR) is 80.1 cm³/mol. The van der Waals surface area contributed by atoms with E-state index in [1.165, 1.54) is 0 Å². The van der Waals surface area contributed by atoms with Gasteiger partial charge >= 0.3 is 0 Å². The van der Waals surface area contributed by atoms with Crippen LogP contribution in [-0.4, -0.2) is 48.9 Å². The maximum absolute atomic E-state index is 11.6. The molecule has 1 aromatic rings. The summed E-state index contributed by atoms with van der Waals surface area (Å²) in [7, 11) is -0.866. The fourth-order valence-electron chi connectivity index (χ4n) is 2.76. The van der Waals surface area contributed by atoms with Crippen molar-refractivity contribution in [3.63, 3.8) is 0 Å². The number of hydrogen-bond acceptors (Lipinski definition) is 5. The Kier molecular flexibility index (Phi) is 4.46. The number of hydrogen-bond donors (Lipinski definition) is 1. The first-order valence-electron chi connectivity index (χ1n) is 6.91. The Balaban J connectivity index is 2.12. The van der Waals surface area contributed by atoms with E-state index in [2.05, 4.69) is 9.88 Å². The number of aromatic nitrogens is 1. The third-order valence-electron chi connectivity index (χ3n) is 4.29. The van der Waals surface area contributed by atoms with Gasteiger partial charge in [-0.15, -0.1) is 0 Å². The van der Waals surface area contributed by atoms with E-state index in [4.69, 9.17) is 5.73 Å². The van der Waals surface area contributed by atoms with Gasteiger partial charge < -0.3 is 5.73 Å². The van der Waals surface area contributed by atoms with Crippen LogP contribution in [0.4, 0.5) is 0 Å². The molecule has 0 bridgehead atoms. The fraction of sp³-hybridized carbons (Fsp3) is 0.643. The van der Waals surface area contributed by atoms with Gasteiger partial charge in [-0.2, -0.15) is 0 Å². The van der Waals surface area contributed by atoms with Crippen molar-refractivity contribution >= 4 is 9.84 Å². The molecule has 0 aromatic carbocycles. The average molecular weight is 297 g/mol. The lowest BCUT2D eigenvalue weighted by Gasteiger charge is -2.43. The second kappa shape index (κ2) is 5.79. The maximum atomic E-state index is 11.6. The largest absolute Gasteiger partial charge is 0.329 e. The van der Waals surface area contributed by atoms with E-state index in [0.29, 0.717) is 25.9 Å². The van der Waals surface area contributed by atoms with Crippen LogP contribution in [0.3, 0.4) is 0 Å². The summed E-state index contributed by atoms with van der Waals surface area (Å²) in [6.45, 7) is 3.14. The first-order chi connectivity index (χ1) is 9.37. The van der Waals surface area contributed by atoms with E-state index < -0.39 is 9.84 Å². The minimum Gasteiger partial charge on any atom is -0.329 e. The van der Waals surface area contributed by atoms with Crippen molar-refractivity contribution in [2.24, 2.45) is 5.73 Å². The molecule has 6 heteroatoms. The Morgan fingerprint density at radius 1 is 1.35 bits per heavy atom. The van der Waals surface area contributed by atoms with Gasteiger partial charge in [0.05, 0.1) is 17.2 Å². The highest BCUT2D eigenvalue weighted by Gasteiger charge is 2.39. The monoisotopic (exact) mass is 297 g/mol. The Morgan fingerprint density at radius 3 is 2.55 bits per heavy atom. The summed E-state index contributed by atoms with van der Waals surface area (Å²) in [6, 6.07) is 5.95. The van der Waals surface area contributed by atoms with E-state index in [1.807, 2.05) is 32.2 Å². The second-order valence-electron chi connectivity index (χ2n) is 5.71. The molecule has 0 radical (unpaired) electrons. The highest BCUT2D eigenvalue weighted by atomic mass is 32.2. The number of sulfone groups is 1. The fourth-order valence-corrected chi connectivity index (χ4v) is 4.34.